The number of unbranched alkanes of at least 4 members (excludes halogenated alkanes) is 3. The molecule has 0 atom stereocenters. The van der Waals surface area contributed by atoms with Crippen LogP contribution in [-0.4, -0.2) is 18.7 Å². The fourth-order valence-corrected chi connectivity index (χ4v) is 2.28. The van der Waals surface area contributed by atoms with Crippen LogP contribution in [0, 0.1) is 0 Å². The molecule has 1 aromatic rings. The molecule has 0 amide bonds. The van der Waals surface area contributed by atoms with E-state index in [9.17, 15) is 8.42 Å². The summed E-state index contributed by atoms with van der Waals surface area (Å²) in [5.41, 5.74) is 7.64. The van der Waals surface area contributed by atoms with Gasteiger partial charge < -0.3 is 5.73 Å². The van der Waals surface area contributed by atoms with Crippen LogP contribution in [0.5, 0.6) is 0 Å². The molecule has 4 nitrogen and oxygen atoms in total. The summed E-state index contributed by atoms with van der Waals surface area (Å²) in [6, 6.07) is 7.78. The van der Waals surface area contributed by atoms with Gasteiger partial charge in [-0.15, -0.1) is 0 Å². The van der Waals surface area contributed by atoms with Gasteiger partial charge in [-0.25, -0.2) is 0 Å². The average Bonchev–Trinajstić information content (AvgIpc) is 2.22. The third-order valence-electron chi connectivity index (χ3n) is 2.57. The summed E-state index contributed by atoms with van der Waals surface area (Å²) >= 11 is 0. The number of benzene rings is 1. The maximum Gasteiger partial charge on any atom is 0.264 e. The summed E-state index contributed by atoms with van der Waals surface area (Å²) in [7, 11) is -3.79. The largest absolute Gasteiger partial charge is 0.399 e. The van der Waals surface area contributed by atoms with Gasteiger partial charge in [0.1, 0.15) is 0 Å². The molecule has 0 spiro atoms. The van der Waals surface area contributed by atoms with Gasteiger partial charge in [0.05, 0.1) is 5.75 Å². The molecule has 5 heteroatoms. The summed E-state index contributed by atoms with van der Waals surface area (Å²) in [6.07, 6.45) is 4.27. The molecule has 0 fully saturated rings. The van der Waals surface area contributed by atoms with Gasteiger partial charge in [-0.3, -0.25) is 4.55 Å². The lowest BCUT2D eigenvalue weighted by atomic mass is 10.1. The van der Waals surface area contributed by atoms with Crippen LogP contribution in [0.25, 0.3) is 0 Å². The van der Waals surface area contributed by atoms with Crippen molar-refractivity contribution in [3.05, 3.63) is 29.8 Å². The van der Waals surface area contributed by atoms with E-state index in [4.69, 9.17) is 10.3 Å². The smallest absolute Gasteiger partial charge is 0.264 e. The maximum absolute atomic E-state index is 10.5. The van der Waals surface area contributed by atoms with Gasteiger partial charge in [0.25, 0.3) is 10.1 Å². The Labute approximate surface area is 103 Å². The molecule has 96 valence electrons. The van der Waals surface area contributed by atoms with Gasteiger partial charge in [-0.05, 0) is 37.0 Å². The molecule has 0 saturated carbocycles. The van der Waals surface area contributed by atoms with Crippen molar-refractivity contribution in [3.8, 4) is 0 Å². The maximum atomic E-state index is 10.5. The second-order valence-electron chi connectivity index (χ2n) is 4.20. The Morgan fingerprint density at radius 2 is 1.82 bits per heavy atom. The van der Waals surface area contributed by atoms with Crippen LogP contribution in [0.2, 0.25) is 0 Å². The third-order valence-corrected chi connectivity index (χ3v) is 3.37. The summed E-state index contributed by atoms with van der Waals surface area (Å²) in [5.74, 6) is -0.134. The van der Waals surface area contributed by atoms with E-state index in [0.717, 1.165) is 31.4 Å². The number of nitrogen functional groups attached to an aromatic ring is 1. The highest BCUT2D eigenvalue weighted by atomic mass is 32.2. The SMILES string of the molecule is Nc1cccc(CCCCCCS(=O)(=O)O)c1. The molecule has 0 radical (unpaired) electrons. The normalized spacial score (nSPS) is 11.6. The molecule has 0 aliphatic heterocycles. The molecule has 1 rings (SSSR count). The van der Waals surface area contributed by atoms with E-state index in [1.54, 1.807) is 0 Å². The van der Waals surface area contributed by atoms with E-state index in [0.29, 0.717) is 6.42 Å². The highest BCUT2D eigenvalue weighted by molar-refractivity contribution is 7.85. The number of anilines is 1. The van der Waals surface area contributed by atoms with Crippen LogP contribution in [0.4, 0.5) is 5.69 Å². The highest BCUT2D eigenvalue weighted by Gasteiger charge is 2.03. The number of nitrogens with two attached hydrogens (primary N) is 1. The fourth-order valence-electron chi connectivity index (χ4n) is 1.72. The minimum atomic E-state index is -3.79. The monoisotopic (exact) mass is 257 g/mol. The Hall–Kier alpha value is -1.07. The Balaban J connectivity index is 2.13. The standard InChI is InChI=1S/C12H19NO3S/c13-12-8-5-7-11(10-12)6-3-1-2-4-9-17(14,15)16/h5,7-8,10H,1-4,6,9,13H2,(H,14,15,16). The molecule has 3 N–H and O–H groups in total. The van der Waals surface area contributed by atoms with E-state index < -0.39 is 10.1 Å². The van der Waals surface area contributed by atoms with Gasteiger partial charge >= 0.3 is 0 Å². The Morgan fingerprint density at radius 3 is 2.47 bits per heavy atom. The number of aryl methyl sites for hydroxylation is 1. The van der Waals surface area contributed by atoms with Gasteiger partial charge in [0.2, 0.25) is 0 Å². The van der Waals surface area contributed by atoms with E-state index in [-0.39, 0.29) is 5.75 Å². The van der Waals surface area contributed by atoms with Gasteiger partial charge in [-0.1, -0.05) is 25.0 Å². The zero-order valence-corrected chi connectivity index (χ0v) is 10.6. The van der Waals surface area contributed by atoms with Crippen molar-refractivity contribution >= 4 is 15.8 Å². The van der Waals surface area contributed by atoms with Crippen molar-refractivity contribution in [2.24, 2.45) is 0 Å². The van der Waals surface area contributed by atoms with Gasteiger partial charge in [-0.2, -0.15) is 8.42 Å². The van der Waals surface area contributed by atoms with Crippen molar-refractivity contribution in [1.82, 2.24) is 0 Å². The second kappa shape index (κ2) is 6.61. The van der Waals surface area contributed by atoms with Crippen molar-refractivity contribution < 1.29 is 13.0 Å². The van der Waals surface area contributed by atoms with E-state index in [2.05, 4.69) is 0 Å². The third kappa shape index (κ3) is 6.97. The van der Waals surface area contributed by atoms with Crippen LogP contribution < -0.4 is 5.73 Å². The van der Waals surface area contributed by atoms with Crippen LogP contribution in [0.15, 0.2) is 24.3 Å². The molecular weight excluding hydrogens is 238 g/mol. The Kier molecular flexibility index (Phi) is 5.44. The molecule has 0 heterocycles. The summed E-state index contributed by atoms with van der Waals surface area (Å²) < 4.78 is 29.5. The molecule has 0 aromatic heterocycles. The van der Waals surface area contributed by atoms with Crippen molar-refractivity contribution in [2.75, 3.05) is 11.5 Å². The highest BCUT2D eigenvalue weighted by Crippen LogP contribution is 2.11. The second-order valence-corrected chi connectivity index (χ2v) is 5.77. The molecule has 0 saturated heterocycles. The molecule has 1 aromatic carbocycles. The molecule has 0 unspecified atom stereocenters. The zero-order valence-electron chi connectivity index (χ0n) is 9.80. The van der Waals surface area contributed by atoms with Crippen molar-refractivity contribution in [1.29, 1.82) is 0 Å². The average molecular weight is 257 g/mol. The van der Waals surface area contributed by atoms with Crippen LogP contribution in [0.1, 0.15) is 31.2 Å². The summed E-state index contributed by atoms with van der Waals surface area (Å²) in [6.45, 7) is 0. The fraction of sp³-hybridized carbons (Fsp3) is 0.500. The lowest BCUT2D eigenvalue weighted by Crippen LogP contribution is -2.03. The molecule has 0 aliphatic rings. The number of hydrogen-bond donors (Lipinski definition) is 2. The summed E-state index contributed by atoms with van der Waals surface area (Å²) in [5, 5.41) is 0. The molecule has 17 heavy (non-hydrogen) atoms. The first-order valence-electron chi connectivity index (χ1n) is 5.77. The molecule has 0 bridgehead atoms. The minimum Gasteiger partial charge on any atom is -0.399 e. The molecular formula is C12H19NO3S. The van der Waals surface area contributed by atoms with Gasteiger partial charge in [0, 0.05) is 5.69 Å². The predicted molar refractivity (Wildman–Crippen MR) is 69.4 cm³/mol. The first-order valence-corrected chi connectivity index (χ1v) is 7.38. The van der Waals surface area contributed by atoms with Crippen molar-refractivity contribution in [3.63, 3.8) is 0 Å². The zero-order chi connectivity index (χ0) is 12.7. The minimum absolute atomic E-state index is 0.134. The van der Waals surface area contributed by atoms with E-state index in [1.165, 1.54) is 5.56 Å². The molecule has 0 aliphatic carbocycles. The first kappa shape index (κ1) is 14.0. The van der Waals surface area contributed by atoms with Crippen LogP contribution >= 0.6 is 0 Å². The van der Waals surface area contributed by atoms with Gasteiger partial charge in [0.15, 0.2) is 0 Å². The number of hydrogen-bond acceptors (Lipinski definition) is 3. The quantitative estimate of drug-likeness (QED) is 0.446. The summed E-state index contributed by atoms with van der Waals surface area (Å²) in [4.78, 5) is 0. The number of rotatable bonds is 7. The lowest BCUT2D eigenvalue weighted by Gasteiger charge is -2.02. The first-order chi connectivity index (χ1) is 7.97. The van der Waals surface area contributed by atoms with Crippen LogP contribution in [-0.2, 0) is 16.5 Å². The van der Waals surface area contributed by atoms with Crippen molar-refractivity contribution in [2.45, 2.75) is 32.1 Å². The Morgan fingerprint density at radius 1 is 1.12 bits per heavy atom. The predicted octanol–water partition coefficient (Wildman–Crippen LogP) is 2.26. The lowest BCUT2D eigenvalue weighted by molar-refractivity contribution is 0.479. The van der Waals surface area contributed by atoms with Crippen LogP contribution in [0.3, 0.4) is 0 Å². The van der Waals surface area contributed by atoms with E-state index >= 15 is 0 Å². The Bertz CT molecular complexity index is 443. The van der Waals surface area contributed by atoms with E-state index in [1.807, 2.05) is 24.3 Å². The topological polar surface area (TPSA) is 80.4 Å².